The highest BCUT2D eigenvalue weighted by Crippen LogP contribution is 2.52. The molecule has 0 unspecified atom stereocenters. The van der Waals surface area contributed by atoms with Crippen LogP contribution in [-0.4, -0.2) is 24.0 Å². The number of carbonyl (C=O) groups excluding carboxylic acids is 1. The molecular weight excluding hydrogens is 354 g/mol. The fourth-order valence-electron chi connectivity index (χ4n) is 3.03. The number of carbonyl (C=O) groups is 1. The Morgan fingerprint density at radius 2 is 2.17 bits per heavy atom. The summed E-state index contributed by atoms with van der Waals surface area (Å²) in [4.78, 5) is 17.2. The average Bonchev–Trinajstić information content (AvgIpc) is 3.19. The lowest BCUT2D eigenvalue weighted by atomic mass is 9.89. The number of methoxy groups -OCH3 is 1. The molecule has 24 heavy (non-hydrogen) atoms. The Morgan fingerprint density at radius 3 is 2.88 bits per heavy atom. The molecule has 4 nitrogen and oxygen atoms in total. The SMILES string of the molecule is COC(=O)c1cnc(Nc2sc(C3CC3)c3c2CCC(F)(F)C3)s1. The van der Waals surface area contributed by atoms with Gasteiger partial charge in [-0.05, 0) is 36.3 Å². The number of nitrogens with zero attached hydrogens (tertiary/aromatic N) is 1. The van der Waals surface area contributed by atoms with Crippen molar-refractivity contribution in [1.29, 1.82) is 0 Å². The second-order valence-corrected chi connectivity index (χ2v) is 8.29. The molecule has 0 saturated heterocycles. The largest absolute Gasteiger partial charge is 0.465 e. The molecule has 2 heterocycles. The summed E-state index contributed by atoms with van der Waals surface area (Å²) < 4.78 is 32.4. The summed E-state index contributed by atoms with van der Waals surface area (Å²) in [6, 6.07) is 0. The van der Waals surface area contributed by atoms with Crippen molar-refractivity contribution in [1.82, 2.24) is 4.98 Å². The number of esters is 1. The van der Waals surface area contributed by atoms with Crippen LogP contribution in [0.5, 0.6) is 0 Å². The number of hydrogen-bond acceptors (Lipinski definition) is 6. The van der Waals surface area contributed by atoms with E-state index in [0.29, 0.717) is 22.3 Å². The molecule has 2 aliphatic carbocycles. The van der Waals surface area contributed by atoms with Crippen LogP contribution in [0, 0.1) is 0 Å². The number of hydrogen-bond donors (Lipinski definition) is 1. The number of ether oxygens (including phenoxy) is 1. The van der Waals surface area contributed by atoms with Crippen molar-refractivity contribution in [3.05, 3.63) is 27.1 Å². The number of thiophene rings is 1. The van der Waals surface area contributed by atoms with Gasteiger partial charge in [0.05, 0.1) is 18.3 Å². The molecule has 0 bridgehead atoms. The standard InChI is InChI=1S/C16H16F2N2O2S2/c1-22-14(21)11-7-19-15(23-11)20-13-9-4-5-16(17,18)6-10(9)12(24-13)8-2-3-8/h7-8H,2-6H2,1H3,(H,19,20). The van der Waals surface area contributed by atoms with E-state index in [0.717, 1.165) is 33.8 Å². The van der Waals surface area contributed by atoms with E-state index in [1.165, 1.54) is 24.6 Å². The fourth-order valence-corrected chi connectivity index (χ4v) is 5.27. The third-order valence-electron chi connectivity index (χ3n) is 4.38. The number of nitrogens with one attached hydrogen (secondary N) is 1. The van der Waals surface area contributed by atoms with Crippen molar-refractivity contribution in [2.24, 2.45) is 0 Å². The van der Waals surface area contributed by atoms with Crippen LogP contribution in [-0.2, 0) is 17.6 Å². The minimum atomic E-state index is -2.60. The smallest absolute Gasteiger partial charge is 0.349 e. The van der Waals surface area contributed by atoms with Crippen molar-refractivity contribution in [2.75, 3.05) is 12.4 Å². The maximum atomic E-state index is 13.8. The Morgan fingerprint density at radius 1 is 1.38 bits per heavy atom. The zero-order chi connectivity index (χ0) is 16.9. The minimum absolute atomic E-state index is 0.110. The third-order valence-corrected chi connectivity index (χ3v) is 6.63. The third kappa shape index (κ3) is 2.93. The molecule has 2 aromatic heterocycles. The lowest BCUT2D eigenvalue weighted by Gasteiger charge is -2.23. The first-order valence-electron chi connectivity index (χ1n) is 7.80. The zero-order valence-corrected chi connectivity index (χ0v) is 14.7. The highest BCUT2D eigenvalue weighted by atomic mass is 32.1. The number of fused-ring (bicyclic) bond motifs is 1. The van der Waals surface area contributed by atoms with Gasteiger partial charge in [0.25, 0.3) is 5.92 Å². The molecule has 0 amide bonds. The second kappa shape index (κ2) is 5.77. The molecule has 8 heteroatoms. The zero-order valence-electron chi connectivity index (χ0n) is 13.0. The van der Waals surface area contributed by atoms with Gasteiger partial charge in [-0.2, -0.15) is 0 Å². The molecular formula is C16H16F2N2O2S2. The van der Waals surface area contributed by atoms with E-state index in [4.69, 9.17) is 0 Å². The van der Waals surface area contributed by atoms with Gasteiger partial charge in [-0.15, -0.1) is 11.3 Å². The summed E-state index contributed by atoms with van der Waals surface area (Å²) in [5.41, 5.74) is 1.84. The summed E-state index contributed by atoms with van der Waals surface area (Å²) >= 11 is 2.78. The first-order chi connectivity index (χ1) is 11.5. The molecule has 2 aromatic rings. The lowest BCUT2D eigenvalue weighted by molar-refractivity contribution is -0.0121. The van der Waals surface area contributed by atoms with Crippen LogP contribution >= 0.6 is 22.7 Å². The first-order valence-corrected chi connectivity index (χ1v) is 9.43. The highest BCUT2D eigenvalue weighted by molar-refractivity contribution is 7.19. The molecule has 0 atom stereocenters. The molecule has 1 saturated carbocycles. The Bertz CT molecular complexity index is 796. The van der Waals surface area contributed by atoms with Gasteiger partial charge < -0.3 is 10.1 Å². The molecule has 4 rings (SSSR count). The normalized spacial score (nSPS) is 19.0. The van der Waals surface area contributed by atoms with Gasteiger partial charge in [-0.1, -0.05) is 11.3 Å². The molecule has 0 aromatic carbocycles. The van der Waals surface area contributed by atoms with Gasteiger partial charge in [-0.25, -0.2) is 18.6 Å². The van der Waals surface area contributed by atoms with Crippen LogP contribution in [0.2, 0.25) is 0 Å². The monoisotopic (exact) mass is 370 g/mol. The second-order valence-electron chi connectivity index (χ2n) is 6.21. The summed E-state index contributed by atoms with van der Waals surface area (Å²) in [5.74, 6) is -2.59. The van der Waals surface area contributed by atoms with Gasteiger partial charge in [0, 0.05) is 17.7 Å². The Kier molecular flexibility index (Phi) is 3.84. The average molecular weight is 370 g/mol. The fraction of sp³-hybridized carbons (Fsp3) is 0.500. The topological polar surface area (TPSA) is 51.2 Å². The van der Waals surface area contributed by atoms with E-state index in [1.54, 1.807) is 11.3 Å². The van der Waals surface area contributed by atoms with Gasteiger partial charge >= 0.3 is 5.97 Å². The predicted molar refractivity (Wildman–Crippen MR) is 90.0 cm³/mol. The van der Waals surface area contributed by atoms with Gasteiger partial charge in [0.15, 0.2) is 5.13 Å². The van der Waals surface area contributed by atoms with Gasteiger partial charge in [-0.3, -0.25) is 0 Å². The van der Waals surface area contributed by atoms with Crippen LogP contribution in [0.3, 0.4) is 0 Å². The first kappa shape index (κ1) is 16.0. The maximum Gasteiger partial charge on any atom is 0.349 e. The van der Waals surface area contributed by atoms with Gasteiger partial charge in [0.2, 0.25) is 0 Å². The molecule has 1 fully saturated rings. The van der Waals surface area contributed by atoms with Crippen molar-refractivity contribution < 1.29 is 18.3 Å². The molecule has 0 spiro atoms. The molecule has 1 N–H and O–H groups in total. The van der Waals surface area contributed by atoms with E-state index < -0.39 is 11.9 Å². The number of alkyl halides is 2. The number of aromatic nitrogens is 1. The van der Waals surface area contributed by atoms with Crippen LogP contribution in [0.15, 0.2) is 6.20 Å². The molecule has 128 valence electrons. The van der Waals surface area contributed by atoms with E-state index in [-0.39, 0.29) is 12.8 Å². The maximum absolute atomic E-state index is 13.8. The lowest BCUT2D eigenvalue weighted by Crippen LogP contribution is -2.26. The van der Waals surface area contributed by atoms with Crippen LogP contribution in [0.25, 0.3) is 0 Å². The van der Waals surface area contributed by atoms with E-state index in [2.05, 4.69) is 15.0 Å². The van der Waals surface area contributed by atoms with Gasteiger partial charge in [0.1, 0.15) is 4.88 Å². The summed E-state index contributed by atoms with van der Waals surface area (Å²) in [5, 5.41) is 4.71. The van der Waals surface area contributed by atoms with E-state index >= 15 is 0 Å². The van der Waals surface area contributed by atoms with Crippen LogP contribution < -0.4 is 5.32 Å². The minimum Gasteiger partial charge on any atom is -0.465 e. The number of thiazole rings is 1. The summed E-state index contributed by atoms with van der Waals surface area (Å²) in [6.45, 7) is 0. The van der Waals surface area contributed by atoms with Crippen LogP contribution in [0.4, 0.5) is 18.9 Å². The Balaban J connectivity index is 1.64. The Labute approximate surface area is 145 Å². The highest BCUT2D eigenvalue weighted by Gasteiger charge is 2.40. The molecule has 0 radical (unpaired) electrons. The number of anilines is 2. The van der Waals surface area contributed by atoms with E-state index in [9.17, 15) is 13.6 Å². The van der Waals surface area contributed by atoms with E-state index in [1.807, 2.05) is 0 Å². The molecule has 0 aliphatic heterocycles. The van der Waals surface area contributed by atoms with Crippen molar-refractivity contribution >= 4 is 38.8 Å². The van der Waals surface area contributed by atoms with Crippen LogP contribution in [0.1, 0.15) is 50.9 Å². The number of halogens is 2. The molecule has 2 aliphatic rings. The Hall–Kier alpha value is -1.54. The quantitative estimate of drug-likeness (QED) is 0.790. The van der Waals surface area contributed by atoms with Crippen molar-refractivity contribution in [2.45, 2.75) is 43.9 Å². The summed E-state index contributed by atoms with van der Waals surface area (Å²) in [6.07, 6.45) is 3.75. The number of rotatable bonds is 4. The van der Waals surface area contributed by atoms with Crippen molar-refractivity contribution in [3.63, 3.8) is 0 Å². The van der Waals surface area contributed by atoms with Crippen molar-refractivity contribution in [3.8, 4) is 0 Å². The predicted octanol–water partition coefficient (Wildman–Crippen LogP) is 4.74. The summed E-state index contributed by atoms with van der Waals surface area (Å²) in [7, 11) is 1.33.